The quantitative estimate of drug-likeness (QED) is 0.131. The zero-order chi connectivity index (χ0) is 48.6. The molecule has 5 nitrogen and oxygen atoms in total. The summed E-state index contributed by atoms with van der Waals surface area (Å²) >= 11 is 0. The summed E-state index contributed by atoms with van der Waals surface area (Å²) in [6, 6.07) is 41.5. The molecule has 11 rings (SSSR count). The topological polar surface area (TPSA) is 60.0 Å². The van der Waals surface area contributed by atoms with E-state index in [1.165, 1.54) is 67.0 Å². The Morgan fingerprint density at radius 3 is 2.24 bits per heavy atom. The molecular weight excluding hydrogens is 863 g/mol. The molecule has 2 aromatic heterocycles. The first-order valence-corrected chi connectivity index (χ1v) is 25.0. The highest BCUT2D eigenvalue weighted by Crippen LogP contribution is 2.51. The molecular formula is C66H59N5. The summed E-state index contributed by atoms with van der Waals surface area (Å²) < 4.78 is 2.46. The molecule has 4 aliphatic rings. The smallest absolute Gasteiger partial charge is 0.160 e. The minimum absolute atomic E-state index is 0.171. The molecule has 7 aromatic rings. The number of nitrogens with zero attached hydrogens (tertiary/aromatic N) is 4. The van der Waals surface area contributed by atoms with Crippen LogP contribution in [0.3, 0.4) is 0 Å². The number of hydrogen-bond acceptors (Lipinski definition) is 4. The standard InChI is InChI=1S/C66H59N5/c1-6-18-53(43-67)71-61-27-16-15-26-56(61)66(4,5)57-41-50(35-38-62(57)71)47-32-36-55-60(37-34-47)70(63-39-33-44(8-3)54(19-7-2)64(55)63)52-25-17-24-51(40-52)59-42-58(68-65(69-59)49-22-13-10-14-23-49)48-30-28-46(29-31-48)45-20-11-9-12-21-45/h6-8,10-11,13-14,16-25,27-36,38-42H,1,3,9,12,15,26,37,43,67H2,2,4-5H3/b19-7-,53-18+. The molecule has 0 saturated heterocycles. The van der Waals surface area contributed by atoms with Gasteiger partial charge in [0.05, 0.1) is 16.9 Å². The van der Waals surface area contributed by atoms with Gasteiger partial charge in [0.25, 0.3) is 0 Å². The fourth-order valence-corrected chi connectivity index (χ4v) is 11.2. The van der Waals surface area contributed by atoms with Gasteiger partial charge >= 0.3 is 0 Å². The van der Waals surface area contributed by atoms with Crippen molar-refractivity contribution in [3.8, 4) is 39.6 Å². The Labute approximate surface area is 418 Å². The first-order chi connectivity index (χ1) is 34.8. The highest BCUT2D eigenvalue weighted by Gasteiger charge is 2.39. The Balaban J connectivity index is 1.03. The van der Waals surface area contributed by atoms with Crippen molar-refractivity contribution < 1.29 is 0 Å². The fourth-order valence-electron chi connectivity index (χ4n) is 11.2. The van der Waals surface area contributed by atoms with Gasteiger partial charge in [0.2, 0.25) is 0 Å². The van der Waals surface area contributed by atoms with Crippen LogP contribution in [0.25, 0.3) is 79.9 Å². The van der Waals surface area contributed by atoms with Crippen molar-refractivity contribution in [2.24, 2.45) is 5.73 Å². The van der Waals surface area contributed by atoms with E-state index in [0.717, 1.165) is 82.6 Å². The van der Waals surface area contributed by atoms with Gasteiger partial charge in [-0.05, 0) is 126 Å². The molecule has 0 unspecified atom stereocenters. The molecule has 0 atom stereocenters. The van der Waals surface area contributed by atoms with Crippen LogP contribution in [0.4, 0.5) is 5.69 Å². The second-order valence-corrected chi connectivity index (χ2v) is 19.2. The molecule has 0 fully saturated rings. The molecule has 5 aromatic carbocycles. The van der Waals surface area contributed by atoms with E-state index < -0.39 is 0 Å². The van der Waals surface area contributed by atoms with Gasteiger partial charge in [-0.3, -0.25) is 0 Å². The van der Waals surface area contributed by atoms with Crippen molar-refractivity contribution >= 4 is 46.0 Å². The molecule has 1 aliphatic heterocycles. The molecule has 2 N–H and O–H groups in total. The summed E-state index contributed by atoms with van der Waals surface area (Å²) in [4.78, 5) is 12.8. The molecule has 0 bridgehead atoms. The maximum atomic E-state index is 6.45. The van der Waals surface area contributed by atoms with Crippen LogP contribution in [0.5, 0.6) is 0 Å². The van der Waals surface area contributed by atoms with Crippen molar-refractivity contribution in [1.29, 1.82) is 0 Å². The van der Waals surface area contributed by atoms with E-state index in [9.17, 15) is 0 Å². The zero-order valence-corrected chi connectivity index (χ0v) is 41.0. The number of nitrogens with two attached hydrogens (primary N) is 1. The summed E-state index contributed by atoms with van der Waals surface area (Å²) in [5.41, 5.74) is 29.0. The van der Waals surface area contributed by atoms with E-state index in [1.807, 2.05) is 36.4 Å². The second kappa shape index (κ2) is 19.0. The van der Waals surface area contributed by atoms with Crippen molar-refractivity contribution in [3.05, 3.63) is 245 Å². The number of hydrogen-bond donors (Lipinski definition) is 1. The lowest BCUT2D eigenvalue weighted by Gasteiger charge is -2.45. The monoisotopic (exact) mass is 921 g/mol. The minimum atomic E-state index is -0.171. The van der Waals surface area contributed by atoms with Crippen molar-refractivity contribution in [2.45, 2.75) is 58.3 Å². The van der Waals surface area contributed by atoms with Crippen LogP contribution in [0.2, 0.25) is 0 Å². The SMILES string of the molecule is C=C/C=C(\CN)N1C2=C(CCC=C2)C(C)(C)c2cc(C3=CCc4c(c5c(/C=C\C)c(C=C)ccc5n4-c4cccc(-c5cc(-c6ccc(C7=CCCC=C7)cc6)nc(-c6ccccc6)n5)c4)C=C3)ccc21. The number of allylic oxidation sites excluding steroid dienone is 13. The van der Waals surface area contributed by atoms with E-state index in [4.69, 9.17) is 15.7 Å². The lowest BCUT2D eigenvalue weighted by Crippen LogP contribution is -2.38. The zero-order valence-electron chi connectivity index (χ0n) is 41.0. The maximum absolute atomic E-state index is 6.45. The Kier molecular flexibility index (Phi) is 12.1. The van der Waals surface area contributed by atoms with Crippen LogP contribution in [-0.4, -0.2) is 21.1 Å². The van der Waals surface area contributed by atoms with Gasteiger partial charge in [-0.15, -0.1) is 0 Å². The Morgan fingerprint density at radius 1 is 0.718 bits per heavy atom. The van der Waals surface area contributed by atoms with Gasteiger partial charge in [0, 0.05) is 74.5 Å². The maximum Gasteiger partial charge on any atom is 0.160 e. The van der Waals surface area contributed by atoms with Crippen molar-refractivity contribution in [2.75, 3.05) is 11.4 Å². The van der Waals surface area contributed by atoms with Gasteiger partial charge in [0.15, 0.2) is 5.82 Å². The van der Waals surface area contributed by atoms with E-state index in [1.54, 1.807) is 0 Å². The van der Waals surface area contributed by atoms with E-state index in [0.29, 0.717) is 12.4 Å². The average molecular weight is 922 g/mol. The first-order valence-electron chi connectivity index (χ1n) is 25.0. The second-order valence-electron chi connectivity index (χ2n) is 19.2. The van der Waals surface area contributed by atoms with Gasteiger partial charge < -0.3 is 15.2 Å². The predicted octanol–water partition coefficient (Wildman–Crippen LogP) is 16.2. The summed E-state index contributed by atoms with van der Waals surface area (Å²) in [6.07, 6.45) is 33.6. The average Bonchev–Trinajstić information content (AvgIpc) is 3.58. The fraction of sp³-hybridized carbons (Fsp3) is 0.152. The molecule has 0 radical (unpaired) electrons. The van der Waals surface area contributed by atoms with E-state index in [-0.39, 0.29) is 5.41 Å². The van der Waals surface area contributed by atoms with Crippen LogP contribution in [-0.2, 0) is 11.8 Å². The van der Waals surface area contributed by atoms with Crippen LogP contribution >= 0.6 is 0 Å². The summed E-state index contributed by atoms with van der Waals surface area (Å²) in [5, 5.41) is 1.21. The number of anilines is 1. The number of benzene rings is 5. The summed E-state index contributed by atoms with van der Waals surface area (Å²) in [6.45, 7) is 15.5. The Morgan fingerprint density at radius 2 is 1.48 bits per heavy atom. The molecule has 0 amide bonds. The molecule has 3 aliphatic carbocycles. The van der Waals surface area contributed by atoms with Crippen molar-refractivity contribution in [1.82, 2.24) is 14.5 Å². The van der Waals surface area contributed by atoms with Crippen LogP contribution in [0, 0.1) is 0 Å². The lowest BCUT2D eigenvalue weighted by atomic mass is 9.70. The van der Waals surface area contributed by atoms with E-state index in [2.05, 4.69) is 201 Å². The number of fused-ring (bicyclic) bond motifs is 4. The summed E-state index contributed by atoms with van der Waals surface area (Å²) in [7, 11) is 0. The molecule has 0 saturated carbocycles. The predicted molar refractivity (Wildman–Crippen MR) is 302 cm³/mol. The van der Waals surface area contributed by atoms with Crippen LogP contribution in [0.1, 0.15) is 85.5 Å². The largest absolute Gasteiger partial charge is 0.325 e. The summed E-state index contributed by atoms with van der Waals surface area (Å²) in [5.74, 6) is 0.695. The molecule has 348 valence electrons. The molecule has 5 heteroatoms. The third-order valence-electron chi connectivity index (χ3n) is 14.7. The first kappa shape index (κ1) is 45.3. The normalized spacial score (nSPS) is 16.1. The van der Waals surface area contributed by atoms with Gasteiger partial charge in [-0.2, -0.15) is 0 Å². The third-order valence-corrected chi connectivity index (χ3v) is 14.7. The number of rotatable bonds is 11. The molecule has 3 heterocycles. The van der Waals surface area contributed by atoms with Gasteiger partial charge in [-0.1, -0.05) is 173 Å². The highest BCUT2D eigenvalue weighted by molar-refractivity contribution is 6.03. The number of aromatic nitrogens is 3. The van der Waals surface area contributed by atoms with E-state index >= 15 is 0 Å². The van der Waals surface area contributed by atoms with Crippen LogP contribution < -0.4 is 10.6 Å². The lowest BCUT2D eigenvalue weighted by molar-refractivity contribution is 0.567. The highest BCUT2D eigenvalue weighted by atomic mass is 15.2. The van der Waals surface area contributed by atoms with Gasteiger partial charge in [-0.25, -0.2) is 9.97 Å². The minimum Gasteiger partial charge on any atom is -0.325 e. The van der Waals surface area contributed by atoms with Crippen LogP contribution in [0.15, 0.2) is 206 Å². The molecule has 71 heavy (non-hydrogen) atoms. The Bertz CT molecular complexity index is 3540. The molecule has 0 spiro atoms. The van der Waals surface area contributed by atoms with Gasteiger partial charge in [0.1, 0.15) is 0 Å². The van der Waals surface area contributed by atoms with Crippen molar-refractivity contribution in [3.63, 3.8) is 0 Å². The Hall–Kier alpha value is -8.12. The third kappa shape index (κ3) is 8.16.